The van der Waals surface area contributed by atoms with E-state index < -0.39 is 0 Å². The summed E-state index contributed by atoms with van der Waals surface area (Å²) in [6.45, 7) is 0. The van der Waals surface area contributed by atoms with Gasteiger partial charge < -0.3 is 4.90 Å². The van der Waals surface area contributed by atoms with Crippen LogP contribution in [0.4, 0.5) is 0 Å². The van der Waals surface area contributed by atoms with Crippen LogP contribution < -0.4 is 0 Å². The molecule has 1 aromatic heterocycles. The van der Waals surface area contributed by atoms with Crippen LogP contribution in [0.15, 0.2) is 79.0 Å². The number of aromatic nitrogens is 2. The van der Waals surface area contributed by atoms with Gasteiger partial charge in [0.2, 0.25) is 0 Å². The van der Waals surface area contributed by atoms with E-state index in [1.54, 1.807) is 25.2 Å². The van der Waals surface area contributed by atoms with Gasteiger partial charge in [0, 0.05) is 31.4 Å². The van der Waals surface area contributed by atoms with Gasteiger partial charge in [0.15, 0.2) is 5.82 Å². The van der Waals surface area contributed by atoms with E-state index in [4.69, 9.17) is 4.98 Å². The fourth-order valence-corrected chi connectivity index (χ4v) is 3.06. The Bertz CT molecular complexity index is 1120. The Kier molecular flexibility index (Phi) is 4.38. The molecule has 4 aromatic rings. The average molecular weight is 353 g/mol. The van der Waals surface area contributed by atoms with Crippen molar-refractivity contribution in [1.82, 2.24) is 14.9 Å². The van der Waals surface area contributed by atoms with Gasteiger partial charge in [-0.25, -0.2) is 9.97 Å². The molecule has 4 nitrogen and oxygen atoms in total. The highest BCUT2D eigenvalue weighted by Crippen LogP contribution is 2.28. The molecular formula is C23H19N3O. The van der Waals surface area contributed by atoms with Crippen molar-refractivity contribution in [2.24, 2.45) is 0 Å². The van der Waals surface area contributed by atoms with E-state index in [0.29, 0.717) is 17.1 Å². The highest BCUT2D eigenvalue weighted by atomic mass is 16.2. The van der Waals surface area contributed by atoms with Crippen molar-refractivity contribution in [3.8, 4) is 22.6 Å². The summed E-state index contributed by atoms with van der Waals surface area (Å²) >= 11 is 0. The van der Waals surface area contributed by atoms with Gasteiger partial charge in [0.05, 0.1) is 11.3 Å². The lowest BCUT2D eigenvalue weighted by atomic mass is 10.0. The predicted molar refractivity (Wildman–Crippen MR) is 108 cm³/mol. The average Bonchev–Trinajstić information content (AvgIpc) is 2.73. The molecule has 0 fully saturated rings. The number of nitrogens with zero attached hydrogens (tertiary/aromatic N) is 3. The number of carbonyl (C=O) groups excluding carboxylic acids is 1. The highest BCUT2D eigenvalue weighted by molar-refractivity contribution is 6.00. The Morgan fingerprint density at radius 2 is 1.52 bits per heavy atom. The van der Waals surface area contributed by atoms with Crippen LogP contribution in [0.25, 0.3) is 33.4 Å². The SMILES string of the molecule is CN(C)C(=O)c1cnc(-c2ccccc2)nc1-c1ccc2ccccc2c1. The van der Waals surface area contributed by atoms with Crippen LogP contribution in [0.3, 0.4) is 0 Å². The minimum absolute atomic E-state index is 0.113. The summed E-state index contributed by atoms with van der Waals surface area (Å²) in [6.07, 6.45) is 1.63. The van der Waals surface area contributed by atoms with Crippen molar-refractivity contribution < 1.29 is 4.79 Å². The minimum Gasteiger partial charge on any atom is -0.345 e. The quantitative estimate of drug-likeness (QED) is 0.538. The zero-order chi connectivity index (χ0) is 18.8. The molecule has 1 amide bonds. The molecule has 1 heterocycles. The predicted octanol–water partition coefficient (Wildman–Crippen LogP) is 4.67. The maximum absolute atomic E-state index is 12.7. The number of benzene rings is 3. The molecule has 0 saturated heterocycles. The zero-order valence-electron chi connectivity index (χ0n) is 15.3. The van der Waals surface area contributed by atoms with Crippen LogP contribution in [-0.4, -0.2) is 34.9 Å². The molecule has 0 aliphatic rings. The Morgan fingerprint density at radius 1 is 0.815 bits per heavy atom. The molecule has 3 aromatic carbocycles. The van der Waals surface area contributed by atoms with Crippen LogP contribution in [-0.2, 0) is 0 Å². The third-order valence-corrected chi connectivity index (χ3v) is 4.48. The summed E-state index contributed by atoms with van der Waals surface area (Å²) < 4.78 is 0. The highest BCUT2D eigenvalue weighted by Gasteiger charge is 2.18. The third kappa shape index (κ3) is 3.29. The molecule has 0 spiro atoms. The molecule has 27 heavy (non-hydrogen) atoms. The van der Waals surface area contributed by atoms with Gasteiger partial charge in [-0.2, -0.15) is 0 Å². The molecule has 0 atom stereocenters. The number of hydrogen-bond acceptors (Lipinski definition) is 3. The third-order valence-electron chi connectivity index (χ3n) is 4.48. The standard InChI is InChI=1S/C23H19N3O/c1-26(2)23(27)20-15-24-22(17-9-4-3-5-10-17)25-21(20)19-13-12-16-8-6-7-11-18(16)14-19/h3-15H,1-2H3. The summed E-state index contributed by atoms with van der Waals surface area (Å²) in [5.74, 6) is 0.492. The number of hydrogen-bond donors (Lipinski definition) is 0. The van der Waals surface area contributed by atoms with Crippen LogP contribution >= 0.6 is 0 Å². The molecule has 4 heteroatoms. The van der Waals surface area contributed by atoms with Crippen molar-refractivity contribution in [2.75, 3.05) is 14.1 Å². The first-order valence-corrected chi connectivity index (χ1v) is 8.77. The lowest BCUT2D eigenvalue weighted by Gasteiger charge is -2.15. The van der Waals surface area contributed by atoms with E-state index in [-0.39, 0.29) is 5.91 Å². The molecule has 0 aliphatic carbocycles. The maximum Gasteiger partial charge on any atom is 0.257 e. The van der Waals surface area contributed by atoms with Crippen molar-refractivity contribution in [1.29, 1.82) is 0 Å². The Hall–Kier alpha value is -3.53. The number of carbonyl (C=O) groups is 1. The minimum atomic E-state index is -0.113. The number of fused-ring (bicyclic) bond motifs is 1. The first kappa shape index (κ1) is 16.9. The van der Waals surface area contributed by atoms with Crippen molar-refractivity contribution >= 4 is 16.7 Å². The molecule has 0 saturated carbocycles. The Labute approximate surface area is 158 Å². The smallest absolute Gasteiger partial charge is 0.257 e. The molecule has 132 valence electrons. The van der Waals surface area contributed by atoms with E-state index in [0.717, 1.165) is 21.9 Å². The van der Waals surface area contributed by atoms with Gasteiger partial charge in [-0.05, 0) is 16.8 Å². The second-order valence-corrected chi connectivity index (χ2v) is 6.58. The van der Waals surface area contributed by atoms with Crippen molar-refractivity contribution in [2.45, 2.75) is 0 Å². The van der Waals surface area contributed by atoms with Gasteiger partial charge in [-0.3, -0.25) is 4.79 Å². The molecule has 0 unspecified atom stereocenters. The van der Waals surface area contributed by atoms with Gasteiger partial charge in [-0.15, -0.1) is 0 Å². The fraction of sp³-hybridized carbons (Fsp3) is 0.0870. The summed E-state index contributed by atoms with van der Waals surface area (Å²) in [5, 5.41) is 2.26. The second kappa shape index (κ2) is 7.00. The topological polar surface area (TPSA) is 46.1 Å². The van der Waals surface area contributed by atoms with Crippen molar-refractivity contribution in [3.63, 3.8) is 0 Å². The molecule has 0 radical (unpaired) electrons. The van der Waals surface area contributed by atoms with Gasteiger partial charge in [0.25, 0.3) is 5.91 Å². The molecular weight excluding hydrogens is 334 g/mol. The largest absolute Gasteiger partial charge is 0.345 e. The number of amides is 1. The van der Waals surface area contributed by atoms with Gasteiger partial charge in [-0.1, -0.05) is 66.7 Å². The normalized spacial score (nSPS) is 10.7. The summed E-state index contributed by atoms with van der Waals surface area (Å²) in [5.41, 5.74) is 2.96. The molecule has 4 rings (SSSR count). The van der Waals surface area contributed by atoms with E-state index >= 15 is 0 Å². The summed E-state index contributed by atoms with van der Waals surface area (Å²) in [4.78, 5) is 23.5. The lowest BCUT2D eigenvalue weighted by molar-refractivity contribution is 0.0827. The van der Waals surface area contributed by atoms with Crippen LogP contribution in [0, 0.1) is 0 Å². The van der Waals surface area contributed by atoms with E-state index in [2.05, 4.69) is 29.2 Å². The lowest BCUT2D eigenvalue weighted by Crippen LogP contribution is -2.23. The maximum atomic E-state index is 12.7. The summed E-state index contributed by atoms with van der Waals surface area (Å²) in [6, 6.07) is 24.1. The first-order chi connectivity index (χ1) is 13.1. The van der Waals surface area contributed by atoms with E-state index in [1.165, 1.54) is 0 Å². The van der Waals surface area contributed by atoms with E-state index in [9.17, 15) is 4.79 Å². The van der Waals surface area contributed by atoms with Gasteiger partial charge in [0.1, 0.15) is 0 Å². The monoisotopic (exact) mass is 353 g/mol. The molecule has 0 aliphatic heterocycles. The molecule has 0 bridgehead atoms. The molecule has 0 N–H and O–H groups in total. The van der Waals surface area contributed by atoms with Crippen LogP contribution in [0.2, 0.25) is 0 Å². The fourth-order valence-electron chi connectivity index (χ4n) is 3.06. The number of rotatable bonds is 3. The van der Waals surface area contributed by atoms with Crippen LogP contribution in [0.1, 0.15) is 10.4 Å². The Balaban J connectivity index is 1.92. The second-order valence-electron chi connectivity index (χ2n) is 6.58. The zero-order valence-corrected chi connectivity index (χ0v) is 15.3. The van der Waals surface area contributed by atoms with E-state index in [1.807, 2.05) is 48.5 Å². The Morgan fingerprint density at radius 3 is 2.26 bits per heavy atom. The summed E-state index contributed by atoms with van der Waals surface area (Å²) in [7, 11) is 3.47. The van der Waals surface area contributed by atoms with Gasteiger partial charge >= 0.3 is 0 Å². The van der Waals surface area contributed by atoms with Crippen LogP contribution in [0.5, 0.6) is 0 Å². The first-order valence-electron chi connectivity index (χ1n) is 8.77. The van der Waals surface area contributed by atoms with Crippen molar-refractivity contribution in [3.05, 3.63) is 84.6 Å².